The summed E-state index contributed by atoms with van der Waals surface area (Å²) in [5.41, 5.74) is 4.48. The molecule has 2 aliphatic rings. The second-order valence-corrected chi connectivity index (χ2v) is 8.23. The molecule has 0 amide bonds. The highest BCUT2D eigenvalue weighted by atomic mass is 16.5. The number of aryl methyl sites for hydroxylation is 1. The lowest BCUT2D eigenvalue weighted by molar-refractivity contribution is -0.116. The third-order valence-electron chi connectivity index (χ3n) is 6.15. The van der Waals surface area contributed by atoms with E-state index in [0.29, 0.717) is 41.0 Å². The van der Waals surface area contributed by atoms with Crippen molar-refractivity contribution in [3.05, 3.63) is 58.8 Å². The predicted octanol–water partition coefficient (Wildman–Crippen LogP) is 4.30. The van der Waals surface area contributed by atoms with Gasteiger partial charge in [0.2, 0.25) is 11.7 Å². The van der Waals surface area contributed by atoms with Gasteiger partial charge in [-0.25, -0.2) is 4.68 Å². The summed E-state index contributed by atoms with van der Waals surface area (Å²) in [5, 5.41) is 8.22. The van der Waals surface area contributed by atoms with Gasteiger partial charge in [-0.2, -0.15) is 4.98 Å². The zero-order valence-corrected chi connectivity index (χ0v) is 19.1. The number of methoxy groups -OCH3 is 3. The van der Waals surface area contributed by atoms with Gasteiger partial charge in [-0.15, -0.1) is 5.10 Å². The first kappa shape index (κ1) is 21.1. The SMILES string of the molecule is COc1cc([C@@H]2C3=C(CCCC3=O)Nc3nc(-c4cccc(C)c4)nn32)cc(OC)c1OC. The fourth-order valence-corrected chi connectivity index (χ4v) is 4.63. The highest BCUT2D eigenvalue weighted by molar-refractivity contribution is 5.99. The number of nitrogens with zero attached hydrogens (tertiary/aromatic N) is 3. The summed E-state index contributed by atoms with van der Waals surface area (Å²) in [7, 11) is 4.73. The maximum Gasteiger partial charge on any atom is 0.226 e. The molecule has 0 fully saturated rings. The van der Waals surface area contributed by atoms with E-state index in [2.05, 4.69) is 5.32 Å². The molecular formula is C25H26N4O4. The minimum absolute atomic E-state index is 0.112. The molecule has 1 atom stereocenters. The molecule has 1 aromatic heterocycles. The summed E-state index contributed by atoms with van der Waals surface area (Å²) in [6, 6.07) is 11.4. The summed E-state index contributed by atoms with van der Waals surface area (Å²) in [4.78, 5) is 17.9. The molecule has 0 radical (unpaired) electrons. The first-order chi connectivity index (χ1) is 16.0. The van der Waals surface area contributed by atoms with Crippen molar-refractivity contribution in [3.63, 3.8) is 0 Å². The number of anilines is 1. The molecule has 5 rings (SSSR count). The molecule has 1 N–H and O–H groups in total. The number of hydrogen-bond acceptors (Lipinski definition) is 7. The summed E-state index contributed by atoms with van der Waals surface area (Å²) in [5.74, 6) is 2.87. The van der Waals surface area contributed by atoms with Crippen molar-refractivity contribution in [1.29, 1.82) is 0 Å². The zero-order valence-electron chi connectivity index (χ0n) is 19.1. The van der Waals surface area contributed by atoms with Crippen molar-refractivity contribution in [1.82, 2.24) is 14.8 Å². The fraction of sp³-hybridized carbons (Fsp3) is 0.320. The number of fused-ring (bicyclic) bond motifs is 1. The molecule has 1 aliphatic carbocycles. The maximum absolute atomic E-state index is 13.1. The number of benzene rings is 2. The Labute approximate surface area is 192 Å². The molecule has 0 spiro atoms. The first-order valence-corrected chi connectivity index (χ1v) is 10.9. The molecule has 8 heteroatoms. The van der Waals surface area contributed by atoms with Crippen LogP contribution in [0.15, 0.2) is 47.7 Å². The van der Waals surface area contributed by atoms with Gasteiger partial charge >= 0.3 is 0 Å². The Bertz CT molecular complexity index is 1250. The van der Waals surface area contributed by atoms with Crippen molar-refractivity contribution < 1.29 is 19.0 Å². The van der Waals surface area contributed by atoms with E-state index in [4.69, 9.17) is 24.3 Å². The second-order valence-electron chi connectivity index (χ2n) is 8.23. The largest absolute Gasteiger partial charge is 0.493 e. The van der Waals surface area contributed by atoms with Gasteiger partial charge in [0.1, 0.15) is 6.04 Å². The van der Waals surface area contributed by atoms with Gasteiger partial charge in [0.25, 0.3) is 0 Å². The van der Waals surface area contributed by atoms with Gasteiger partial charge in [0.05, 0.1) is 21.3 Å². The van der Waals surface area contributed by atoms with Crippen LogP contribution in [-0.2, 0) is 4.79 Å². The van der Waals surface area contributed by atoms with E-state index in [9.17, 15) is 4.79 Å². The van der Waals surface area contributed by atoms with E-state index in [0.717, 1.165) is 35.2 Å². The number of nitrogens with one attached hydrogen (secondary N) is 1. The van der Waals surface area contributed by atoms with Gasteiger partial charge in [0, 0.05) is 23.3 Å². The van der Waals surface area contributed by atoms with E-state index in [1.54, 1.807) is 26.0 Å². The Morgan fingerprint density at radius 3 is 2.45 bits per heavy atom. The highest BCUT2D eigenvalue weighted by Crippen LogP contribution is 2.45. The van der Waals surface area contributed by atoms with Gasteiger partial charge in [0.15, 0.2) is 23.1 Å². The van der Waals surface area contributed by atoms with Gasteiger partial charge in [-0.1, -0.05) is 23.8 Å². The zero-order chi connectivity index (χ0) is 23.1. The molecule has 2 aromatic carbocycles. The van der Waals surface area contributed by atoms with Crippen LogP contribution in [0.2, 0.25) is 0 Å². The average Bonchev–Trinajstić information content (AvgIpc) is 3.25. The van der Waals surface area contributed by atoms with Crippen LogP contribution >= 0.6 is 0 Å². The van der Waals surface area contributed by atoms with Crippen LogP contribution < -0.4 is 19.5 Å². The lowest BCUT2D eigenvalue weighted by atomic mass is 9.85. The van der Waals surface area contributed by atoms with Crippen LogP contribution in [0.3, 0.4) is 0 Å². The van der Waals surface area contributed by atoms with Crippen molar-refractivity contribution in [2.45, 2.75) is 32.2 Å². The average molecular weight is 447 g/mol. The van der Waals surface area contributed by atoms with Gasteiger partial charge in [-0.3, -0.25) is 4.79 Å². The topological polar surface area (TPSA) is 87.5 Å². The monoisotopic (exact) mass is 446 g/mol. The number of ketones is 1. The fourth-order valence-electron chi connectivity index (χ4n) is 4.63. The lowest BCUT2D eigenvalue weighted by Gasteiger charge is -2.32. The van der Waals surface area contributed by atoms with Crippen molar-refractivity contribution in [3.8, 4) is 28.6 Å². The molecule has 33 heavy (non-hydrogen) atoms. The predicted molar refractivity (Wildman–Crippen MR) is 124 cm³/mol. The molecule has 0 saturated carbocycles. The lowest BCUT2D eigenvalue weighted by Crippen LogP contribution is -2.31. The van der Waals surface area contributed by atoms with Crippen molar-refractivity contribution >= 4 is 11.7 Å². The first-order valence-electron chi connectivity index (χ1n) is 10.9. The third kappa shape index (κ3) is 3.51. The standard InChI is InChI=1S/C25H26N4O4/c1-14-7-5-8-15(11-14)24-27-25-26-17-9-6-10-18(30)21(17)22(29(25)28-24)16-12-19(31-2)23(33-4)20(13-16)32-3/h5,7-8,11-13,22H,6,9-10H2,1-4H3,(H,26,27,28)/t22-/m1/s1. The molecule has 0 saturated heterocycles. The minimum atomic E-state index is -0.455. The molecule has 0 unspecified atom stereocenters. The summed E-state index contributed by atoms with van der Waals surface area (Å²) < 4.78 is 18.5. The number of ether oxygens (including phenoxy) is 3. The molecule has 8 nitrogen and oxygen atoms in total. The van der Waals surface area contributed by atoms with Gasteiger partial charge < -0.3 is 19.5 Å². The van der Waals surface area contributed by atoms with E-state index in [-0.39, 0.29) is 5.78 Å². The van der Waals surface area contributed by atoms with Crippen LogP contribution in [0.4, 0.5) is 5.95 Å². The number of aromatic nitrogens is 3. The number of rotatable bonds is 5. The van der Waals surface area contributed by atoms with E-state index in [1.807, 2.05) is 43.3 Å². The van der Waals surface area contributed by atoms with Crippen LogP contribution in [-0.4, -0.2) is 41.9 Å². The molecule has 1 aliphatic heterocycles. The third-order valence-corrected chi connectivity index (χ3v) is 6.15. The highest BCUT2D eigenvalue weighted by Gasteiger charge is 2.37. The number of hydrogen-bond donors (Lipinski definition) is 1. The summed E-state index contributed by atoms with van der Waals surface area (Å²) in [6.45, 7) is 2.04. The van der Waals surface area contributed by atoms with E-state index < -0.39 is 6.04 Å². The van der Waals surface area contributed by atoms with Gasteiger partial charge in [-0.05, 0) is 43.5 Å². The summed E-state index contributed by atoms with van der Waals surface area (Å²) >= 11 is 0. The van der Waals surface area contributed by atoms with Crippen molar-refractivity contribution in [2.24, 2.45) is 0 Å². The molecule has 2 heterocycles. The Balaban J connectivity index is 1.72. The minimum Gasteiger partial charge on any atom is -0.493 e. The normalized spacial score (nSPS) is 17.2. The number of carbonyl (C=O) groups is 1. The van der Waals surface area contributed by atoms with E-state index >= 15 is 0 Å². The Hall–Kier alpha value is -3.81. The number of Topliss-reactive ketones (excluding diaryl/α,β-unsaturated/α-hetero) is 1. The smallest absolute Gasteiger partial charge is 0.226 e. The Kier molecular flexibility index (Phi) is 5.28. The van der Waals surface area contributed by atoms with Crippen molar-refractivity contribution in [2.75, 3.05) is 26.6 Å². The van der Waals surface area contributed by atoms with E-state index in [1.165, 1.54) is 0 Å². The Morgan fingerprint density at radius 2 is 1.79 bits per heavy atom. The van der Waals surface area contributed by atoms with Crippen LogP contribution in [0.5, 0.6) is 17.2 Å². The molecule has 3 aromatic rings. The maximum atomic E-state index is 13.1. The molecular weight excluding hydrogens is 420 g/mol. The number of allylic oxidation sites excluding steroid dienone is 2. The van der Waals surface area contributed by atoms with Crippen LogP contribution in [0.25, 0.3) is 11.4 Å². The second kappa shape index (κ2) is 8.27. The number of carbonyl (C=O) groups excluding carboxylic acids is 1. The van der Waals surface area contributed by atoms with Crippen LogP contribution in [0.1, 0.15) is 36.4 Å². The van der Waals surface area contributed by atoms with Crippen LogP contribution in [0, 0.1) is 6.92 Å². The molecule has 170 valence electrons. The summed E-state index contributed by atoms with van der Waals surface area (Å²) in [6.07, 6.45) is 2.11. The quantitative estimate of drug-likeness (QED) is 0.625. The Morgan fingerprint density at radius 1 is 1.03 bits per heavy atom. The molecule has 0 bridgehead atoms.